The third-order valence-corrected chi connectivity index (χ3v) is 4.98. The molecule has 0 aliphatic rings. The van der Waals surface area contributed by atoms with Gasteiger partial charge in [0.2, 0.25) is 11.8 Å². The van der Waals surface area contributed by atoms with Crippen molar-refractivity contribution < 1.29 is 9.59 Å². The average molecular weight is 395 g/mol. The van der Waals surface area contributed by atoms with E-state index in [0.29, 0.717) is 31.8 Å². The minimum Gasteiger partial charge on any atom is -0.354 e. The van der Waals surface area contributed by atoms with Crippen LogP contribution in [0.15, 0.2) is 48.5 Å². The van der Waals surface area contributed by atoms with Gasteiger partial charge in [-0.15, -0.1) is 0 Å². The zero-order chi connectivity index (χ0) is 21.4. The molecule has 0 spiro atoms. The highest BCUT2D eigenvalue weighted by Crippen LogP contribution is 2.16. The van der Waals surface area contributed by atoms with E-state index in [0.717, 1.165) is 22.3 Å². The van der Waals surface area contributed by atoms with Crippen molar-refractivity contribution in [2.24, 2.45) is 5.92 Å². The summed E-state index contributed by atoms with van der Waals surface area (Å²) in [6, 6.07) is 15.6. The number of nitrogens with one attached hydrogen (secondary N) is 1. The van der Waals surface area contributed by atoms with E-state index in [1.165, 1.54) is 0 Å². The van der Waals surface area contributed by atoms with Crippen LogP contribution in [0.5, 0.6) is 0 Å². The van der Waals surface area contributed by atoms with Crippen LogP contribution in [0.2, 0.25) is 0 Å². The number of nitrogens with zero attached hydrogens (tertiary/aromatic N) is 1. The molecule has 4 heteroatoms. The fraction of sp³-hybridized carbons (Fsp3) is 0.440. The topological polar surface area (TPSA) is 49.4 Å². The number of carbonyl (C=O) groups excluding carboxylic acids is 2. The second-order valence-corrected chi connectivity index (χ2v) is 8.24. The first-order chi connectivity index (χ1) is 13.8. The Bertz CT molecular complexity index is 812. The summed E-state index contributed by atoms with van der Waals surface area (Å²) in [6.45, 7) is 11.2. The molecule has 0 heterocycles. The van der Waals surface area contributed by atoms with Crippen LogP contribution in [0.3, 0.4) is 0 Å². The van der Waals surface area contributed by atoms with Crippen LogP contribution in [-0.2, 0) is 22.6 Å². The van der Waals surface area contributed by atoms with E-state index < -0.39 is 6.04 Å². The van der Waals surface area contributed by atoms with E-state index in [-0.39, 0.29) is 11.8 Å². The molecular formula is C25H34N2O2. The molecule has 0 radical (unpaired) electrons. The molecule has 4 nitrogen and oxygen atoms in total. The average Bonchev–Trinajstić information content (AvgIpc) is 2.68. The monoisotopic (exact) mass is 394 g/mol. The van der Waals surface area contributed by atoms with Crippen molar-refractivity contribution in [1.82, 2.24) is 10.2 Å². The van der Waals surface area contributed by atoms with Crippen molar-refractivity contribution in [2.45, 2.75) is 60.0 Å². The van der Waals surface area contributed by atoms with E-state index in [4.69, 9.17) is 0 Å². The molecule has 2 rings (SSSR count). The van der Waals surface area contributed by atoms with Crippen molar-refractivity contribution in [3.05, 3.63) is 70.8 Å². The smallest absolute Gasteiger partial charge is 0.242 e. The lowest BCUT2D eigenvalue weighted by Gasteiger charge is -2.31. The molecule has 2 aromatic rings. The van der Waals surface area contributed by atoms with Crippen molar-refractivity contribution >= 4 is 11.8 Å². The summed E-state index contributed by atoms with van der Waals surface area (Å²) >= 11 is 0. The number of amides is 2. The second kappa shape index (κ2) is 10.8. The summed E-state index contributed by atoms with van der Waals surface area (Å²) in [5.74, 6) is 0.262. The molecule has 0 unspecified atom stereocenters. The number of benzene rings is 2. The van der Waals surface area contributed by atoms with Gasteiger partial charge in [-0.05, 0) is 37.3 Å². The summed E-state index contributed by atoms with van der Waals surface area (Å²) < 4.78 is 0. The summed E-state index contributed by atoms with van der Waals surface area (Å²) in [6.07, 6.45) is 0.870. The molecule has 0 aliphatic carbocycles. The van der Waals surface area contributed by atoms with E-state index in [9.17, 15) is 9.59 Å². The first-order valence-corrected chi connectivity index (χ1v) is 10.5. The van der Waals surface area contributed by atoms with Crippen LogP contribution in [-0.4, -0.2) is 29.3 Å². The molecule has 156 valence electrons. The molecule has 2 amide bonds. The quantitative estimate of drug-likeness (QED) is 0.684. The molecule has 0 saturated carbocycles. The van der Waals surface area contributed by atoms with E-state index >= 15 is 0 Å². The van der Waals surface area contributed by atoms with Crippen molar-refractivity contribution in [3.8, 4) is 0 Å². The Labute approximate surface area is 175 Å². The second-order valence-electron chi connectivity index (χ2n) is 8.24. The number of aryl methyl sites for hydroxylation is 2. The van der Waals surface area contributed by atoms with Crippen LogP contribution >= 0.6 is 0 Å². The standard InChI is InChI=1S/C25H34N2O2/c1-6-23(25(29)26-16-18(2)3)27(17-22-9-7-8-20(5)14-22)24(28)15-21-12-10-19(4)11-13-21/h7-14,18,23H,6,15-17H2,1-5H3,(H,26,29)/t23-/m0/s1. The van der Waals surface area contributed by atoms with Gasteiger partial charge in [0.1, 0.15) is 6.04 Å². The van der Waals surface area contributed by atoms with Gasteiger partial charge in [-0.25, -0.2) is 0 Å². The summed E-state index contributed by atoms with van der Waals surface area (Å²) in [4.78, 5) is 27.9. The maximum absolute atomic E-state index is 13.3. The van der Waals surface area contributed by atoms with Crippen LogP contribution in [0.25, 0.3) is 0 Å². The molecule has 0 aromatic heterocycles. The van der Waals surface area contributed by atoms with Crippen LogP contribution < -0.4 is 5.32 Å². The minimum absolute atomic E-state index is 0.0260. The SMILES string of the molecule is CC[C@@H](C(=O)NCC(C)C)N(Cc1cccc(C)c1)C(=O)Cc1ccc(C)cc1. The highest BCUT2D eigenvalue weighted by atomic mass is 16.2. The highest BCUT2D eigenvalue weighted by molar-refractivity contribution is 5.88. The van der Waals surface area contributed by atoms with Gasteiger partial charge in [0.15, 0.2) is 0 Å². The third-order valence-electron chi connectivity index (χ3n) is 4.98. The Kier molecular flexibility index (Phi) is 8.44. The molecule has 2 aromatic carbocycles. The van der Waals surface area contributed by atoms with Crippen LogP contribution in [0, 0.1) is 19.8 Å². The third kappa shape index (κ3) is 7.04. The number of hydrogen-bond donors (Lipinski definition) is 1. The van der Waals surface area contributed by atoms with Gasteiger partial charge in [0.25, 0.3) is 0 Å². The zero-order valence-electron chi connectivity index (χ0n) is 18.4. The molecule has 0 aliphatic heterocycles. The predicted octanol–water partition coefficient (Wildman–Crippen LogP) is 4.43. The Balaban J connectivity index is 2.25. The Morgan fingerprint density at radius 2 is 1.66 bits per heavy atom. The molecule has 1 N–H and O–H groups in total. The number of hydrogen-bond acceptors (Lipinski definition) is 2. The van der Waals surface area contributed by atoms with Gasteiger partial charge < -0.3 is 10.2 Å². The Hall–Kier alpha value is -2.62. The molecule has 29 heavy (non-hydrogen) atoms. The lowest BCUT2D eigenvalue weighted by atomic mass is 10.0. The largest absolute Gasteiger partial charge is 0.354 e. The minimum atomic E-state index is -0.479. The van der Waals surface area contributed by atoms with Gasteiger partial charge in [-0.1, -0.05) is 80.4 Å². The fourth-order valence-corrected chi connectivity index (χ4v) is 3.33. The summed E-state index contributed by atoms with van der Waals surface area (Å²) in [5.41, 5.74) is 4.31. The lowest BCUT2D eigenvalue weighted by Crippen LogP contribution is -2.50. The van der Waals surface area contributed by atoms with E-state index in [1.807, 2.05) is 63.2 Å². The molecular weight excluding hydrogens is 360 g/mol. The normalized spacial score (nSPS) is 11.9. The van der Waals surface area contributed by atoms with Crippen LogP contribution in [0.4, 0.5) is 0 Å². The van der Waals surface area contributed by atoms with Crippen molar-refractivity contribution in [3.63, 3.8) is 0 Å². The Morgan fingerprint density at radius 3 is 2.24 bits per heavy atom. The maximum Gasteiger partial charge on any atom is 0.242 e. The number of rotatable bonds is 9. The first-order valence-electron chi connectivity index (χ1n) is 10.5. The van der Waals surface area contributed by atoms with Gasteiger partial charge in [-0.3, -0.25) is 9.59 Å². The van der Waals surface area contributed by atoms with Gasteiger partial charge in [-0.2, -0.15) is 0 Å². The molecule has 1 atom stereocenters. The van der Waals surface area contributed by atoms with Crippen molar-refractivity contribution in [2.75, 3.05) is 6.54 Å². The van der Waals surface area contributed by atoms with E-state index in [1.54, 1.807) is 4.90 Å². The lowest BCUT2D eigenvalue weighted by molar-refractivity contribution is -0.141. The molecule has 0 fully saturated rings. The van der Waals surface area contributed by atoms with Gasteiger partial charge in [0, 0.05) is 13.1 Å². The Morgan fingerprint density at radius 1 is 0.966 bits per heavy atom. The van der Waals surface area contributed by atoms with Crippen LogP contribution in [0.1, 0.15) is 49.4 Å². The summed E-state index contributed by atoms with van der Waals surface area (Å²) in [7, 11) is 0. The first kappa shape index (κ1) is 22.7. The zero-order valence-corrected chi connectivity index (χ0v) is 18.4. The van der Waals surface area contributed by atoms with Gasteiger partial charge in [0.05, 0.1) is 6.42 Å². The fourth-order valence-electron chi connectivity index (χ4n) is 3.33. The molecule has 0 bridgehead atoms. The van der Waals surface area contributed by atoms with E-state index in [2.05, 4.69) is 25.2 Å². The number of carbonyl (C=O) groups is 2. The van der Waals surface area contributed by atoms with Crippen molar-refractivity contribution in [1.29, 1.82) is 0 Å². The summed E-state index contributed by atoms with van der Waals surface area (Å²) in [5, 5.41) is 3.00. The highest BCUT2D eigenvalue weighted by Gasteiger charge is 2.28. The predicted molar refractivity (Wildman–Crippen MR) is 119 cm³/mol. The maximum atomic E-state index is 13.3. The van der Waals surface area contributed by atoms with Gasteiger partial charge >= 0.3 is 0 Å². The molecule has 0 saturated heterocycles.